The topological polar surface area (TPSA) is 80.3 Å². The van der Waals surface area contributed by atoms with E-state index in [-0.39, 0.29) is 0 Å². The van der Waals surface area contributed by atoms with Gasteiger partial charge in [0, 0.05) is 43.7 Å². The summed E-state index contributed by atoms with van der Waals surface area (Å²) in [4.78, 5) is 4.59. The molecular weight excluding hydrogens is 833 g/mol. The summed E-state index contributed by atoms with van der Waals surface area (Å²) >= 11 is 0. The first-order valence-electron chi connectivity index (χ1n) is 23.7. The van der Waals surface area contributed by atoms with Crippen molar-refractivity contribution in [2.75, 3.05) is 9.80 Å². The van der Waals surface area contributed by atoms with E-state index in [1.54, 1.807) is 0 Å². The SMILES string of the molecule is CCCCc1cccc2c1oc1c(N(c3ccc(C#N)cc3)c3ccc4ccc5c(N(c6ccc(C#N)cc6)c6cccc7c6oc6c(CCCC)cccc67)ccc6ccc3c4c65)cccc12. The largest absolute Gasteiger partial charge is 0.454 e. The van der Waals surface area contributed by atoms with Crippen molar-refractivity contribution < 1.29 is 8.83 Å². The third kappa shape index (κ3) is 6.52. The maximum absolute atomic E-state index is 9.86. The van der Waals surface area contributed by atoms with Gasteiger partial charge in [0.15, 0.2) is 11.2 Å². The lowest BCUT2D eigenvalue weighted by Gasteiger charge is -2.29. The average Bonchev–Trinajstić information content (AvgIpc) is 3.98. The van der Waals surface area contributed by atoms with Gasteiger partial charge in [-0.2, -0.15) is 10.5 Å². The Bertz CT molecular complexity index is 3720. The molecule has 10 aromatic carbocycles. The number of furan rings is 2. The van der Waals surface area contributed by atoms with Crippen LogP contribution in [0.2, 0.25) is 0 Å². The summed E-state index contributed by atoms with van der Waals surface area (Å²) in [5, 5.41) is 30.8. The van der Waals surface area contributed by atoms with Crippen LogP contribution in [-0.2, 0) is 12.8 Å². The Morgan fingerprint density at radius 3 is 1.16 bits per heavy atom. The minimum atomic E-state index is 0.598. The van der Waals surface area contributed by atoms with Crippen molar-refractivity contribution in [2.24, 2.45) is 0 Å². The predicted octanol–water partition coefficient (Wildman–Crippen LogP) is 17.8. The lowest BCUT2D eigenvalue weighted by Crippen LogP contribution is -2.12. The summed E-state index contributed by atoms with van der Waals surface area (Å²) in [6, 6.07) is 64.0. The molecule has 326 valence electrons. The molecule has 12 rings (SSSR count). The van der Waals surface area contributed by atoms with Gasteiger partial charge >= 0.3 is 0 Å². The smallest absolute Gasteiger partial charge is 0.159 e. The zero-order valence-corrected chi connectivity index (χ0v) is 38.0. The van der Waals surface area contributed by atoms with Gasteiger partial charge in [-0.25, -0.2) is 0 Å². The second-order valence-corrected chi connectivity index (χ2v) is 17.9. The molecule has 0 aliphatic carbocycles. The fraction of sp³-hybridized carbons (Fsp3) is 0.129. The van der Waals surface area contributed by atoms with Crippen LogP contribution < -0.4 is 9.80 Å². The number of hydrogen-bond donors (Lipinski definition) is 0. The number of unbranched alkanes of at least 4 members (excludes halogenated alkanes) is 2. The second kappa shape index (κ2) is 16.7. The zero-order valence-electron chi connectivity index (χ0n) is 38.0. The van der Waals surface area contributed by atoms with E-state index < -0.39 is 0 Å². The summed E-state index contributed by atoms with van der Waals surface area (Å²) < 4.78 is 14.0. The monoisotopic (exact) mass is 878 g/mol. The van der Waals surface area contributed by atoms with Gasteiger partial charge < -0.3 is 18.6 Å². The van der Waals surface area contributed by atoms with Crippen LogP contribution in [0.4, 0.5) is 34.1 Å². The Morgan fingerprint density at radius 2 is 0.765 bits per heavy atom. The molecule has 2 heterocycles. The highest BCUT2D eigenvalue weighted by molar-refractivity contribution is 6.28. The van der Waals surface area contributed by atoms with Crippen molar-refractivity contribution in [3.05, 3.63) is 192 Å². The molecule has 0 aliphatic rings. The van der Waals surface area contributed by atoms with Crippen molar-refractivity contribution >= 4 is 110 Å². The standard InChI is InChI=1S/C62H46N4O2/c1-3-5-11-43-13-7-15-47-49-17-9-19-55(61(49)67-59(43)47)65(45-29-21-39(37-63)22-30-45)53-35-27-41-26-34-52-54(36-28-42-25-33-51(53)57(41)58(42)52)66(46-31-23-40(38-64)24-32-46)56-20-10-18-50-48-16-8-14-44(12-6-4-2)60(48)68-62(50)56/h7-10,13-36H,3-6,11-12H2,1-2H3. The van der Waals surface area contributed by atoms with Gasteiger partial charge in [-0.15, -0.1) is 0 Å². The molecule has 2 aromatic heterocycles. The number of anilines is 6. The van der Waals surface area contributed by atoms with Crippen molar-refractivity contribution in [1.29, 1.82) is 10.5 Å². The lowest BCUT2D eigenvalue weighted by molar-refractivity contribution is 0.658. The maximum Gasteiger partial charge on any atom is 0.159 e. The number of hydrogen-bond acceptors (Lipinski definition) is 6. The molecule has 0 spiro atoms. The minimum Gasteiger partial charge on any atom is -0.454 e. The molecule has 6 heteroatoms. The Hall–Kier alpha value is -8.58. The molecular formula is C62H46N4O2. The summed E-state index contributed by atoms with van der Waals surface area (Å²) in [5.41, 5.74) is 12.8. The normalized spacial score (nSPS) is 11.7. The van der Waals surface area contributed by atoms with Gasteiger partial charge in [-0.3, -0.25) is 0 Å². The maximum atomic E-state index is 9.86. The van der Waals surface area contributed by atoms with E-state index in [0.717, 1.165) is 149 Å². The van der Waals surface area contributed by atoms with E-state index in [1.165, 1.54) is 11.1 Å². The van der Waals surface area contributed by atoms with Crippen molar-refractivity contribution in [3.63, 3.8) is 0 Å². The second-order valence-electron chi connectivity index (χ2n) is 17.9. The van der Waals surface area contributed by atoms with Crippen LogP contribution in [0.5, 0.6) is 0 Å². The minimum absolute atomic E-state index is 0.598. The fourth-order valence-corrected chi connectivity index (χ4v) is 10.6. The van der Waals surface area contributed by atoms with Gasteiger partial charge in [-0.05, 0) is 131 Å². The molecule has 0 amide bonds. The molecule has 0 bridgehead atoms. The Labute approximate surface area is 394 Å². The first-order chi connectivity index (χ1) is 33.6. The van der Waals surface area contributed by atoms with Crippen LogP contribution in [0, 0.1) is 22.7 Å². The number of benzene rings is 10. The zero-order chi connectivity index (χ0) is 45.9. The lowest BCUT2D eigenvalue weighted by atomic mass is 9.91. The summed E-state index contributed by atoms with van der Waals surface area (Å²) in [6.07, 6.45) is 6.30. The summed E-state index contributed by atoms with van der Waals surface area (Å²) in [6.45, 7) is 4.45. The van der Waals surface area contributed by atoms with Gasteiger partial charge in [0.05, 0.1) is 46.0 Å². The number of fused-ring (bicyclic) bond motifs is 6. The number of para-hydroxylation sites is 4. The van der Waals surface area contributed by atoms with Crippen LogP contribution >= 0.6 is 0 Å². The van der Waals surface area contributed by atoms with Crippen LogP contribution in [0.25, 0.3) is 76.2 Å². The van der Waals surface area contributed by atoms with Crippen molar-refractivity contribution in [3.8, 4) is 12.1 Å². The Kier molecular flexibility index (Phi) is 10.0. The van der Waals surface area contributed by atoms with Crippen LogP contribution in [0.15, 0.2) is 179 Å². The molecule has 0 unspecified atom stereocenters. The van der Waals surface area contributed by atoms with Gasteiger partial charge in [0.25, 0.3) is 0 Å². The number of rotatable bonds is 12. The van der Waals surface area contributed by atoms with E-state index in [2.05, 4.69) is 157 Å². The highest BCUT2D eigenvalue weighted by atomic mass is 16.3. The van der Waals surface area contributed by atoms with Crippen molar-refractivity contribution in [1.82, 2.24) is 0 Å². The quantitative estimate of drug-likeness (QED) is 0.114. The third-order valence-electron chi connectivity index (χ3n) is 13.9. The molecule has 12 aromatic rings. The predicted molar refractivity (Wildman–Crippen MR) is 281 cm³/mol. The van der Waals surface area contributed by atoms with E-state index in [4.69, 9.17) is 8.83 Å². The van der Waals surface area contributed by atoms with Crippen molar-refractivity contribution in [2.45, 2.75) is 52.4 Å². The summed E-state index contributed by atoms with van der Waals surface area (Å²) in [5.74, 6) is 0. The molecule has 0 saturated carbocycles. The van der Waals surface area contributed by atoms with E-state index in [1.807, 2.05) is 48.5 Å². The first kappa shape index (κ1) is 40.9. The van der Waals surface area contributed by atoms with Crippen LogP contribution in [0.1, 0.15) is 61.8 Å². The Morgan fingerprint density at radius 1 is 0.382 bits per heavy atom. The molecule has 68 heavy (non-hydrogen) atoms. The first-order valence-corrected chi connectivity index (χ1v) is 23.7. The number of aryl methyl sites for hydroxylation is 2. The van der Waals surface area contributed by atoms with E-state index in [9.17, 15) is 10.5 Å². The highest BCUT2D eigenvalue weighted by Crippen LogP contribution is 2.50. The molecule has 0 fully saturated rings. The van der Waals surface area contributed by atoms with Crippen LogP contribution in [0.3, 0.4) is 0 Å². The molecule has 0 saturated heterocycles. The number of nitrogens with zero attached hydrogens (tertiary/aromatic N) is 4. The van der Waals surface area contributed by atoms with Gasteiger partial charge in [-0.1, -0.05) is 124 Å². The van der Waals surface area contributed by atoms with E-state index in [0.29, 0.717) is 11.1 Å². The number of nitriles is 2. The average molecular weight is 879 g/mol. The molecule has 0 atom stereocenters. The molecule has 0 aliphatic heterocycles. The van der Waals surface area contributed by atoms with Crippen LogP contribution in [-0.4, -0.2) is 0 Å². The third-order valence-corrected chi connectivity index (χ3v) is 13.9. The molecule has 6 nitrogen and oxygen atoms in total. The fourth-order valence-electron chi connectivity index (χ4n) is 10.6. The highest BCUT2D eigenvalue weighted by Gasteiger charge is 2.26. The van der Waals surface area contributed by atoms with Gasteiger partial charge in [0.1, 0.15) is 11.2 Å². The van der Waals surface area contributed by atoms with Gasteiger partial charge in [0.2, 0.25) is 0 Å². The van der Waals surface area contributed by atoms with E-state index >= 15 is 0 Å². The molecule has 0 radical (unpaired) electrons. The summed E-state index contributed by atoms with van der Waals surface area (Å²) in [7, 11) is 0. The molecule has 0 N–H and O–H groups in total. The Balaban J connectivity index is 1.10.